The third kappa shape index (κ3) is 4.40. The zero-order chi connectivity index (χ0) is 7.44. The zero-order valence-electron chi connectivity index (χ0n) is 6.18. The van der Waals surface area contributed by atoms with Gasteiger partial charge in [0.15, 0.2) is 0 Å². The maximum atomic E-state index is 10.4. The molecule has 0 aliphatic carbocycles. The van der Waals surface area contributed by atoms with Crippen LogP contribution in [0.2, 0.25) is 0 Å². The van der Waals surface area contributed by atoms with Crippen LogP contribution in [0.15, 0.2) is 0 Å². The van der Waals surface area contributed by atoms with E-state index in [1.807, 2.05) is 0 Å². The van der Waals surface area contributed by atoms with Crippen LogP contribution in [0.25, 0.3) is 0 Å². The molecule has 0 bridgehead atoms. The van der Waals surface area contributed by atoms with Crippen molar-refractivity contribution in [1.29, 1.82) is 0 Å². The number of carbonyl (C=O) groups is 1. The van der Waals surface area contributed by atoms with Gasteiger partial charge in [-0.2, -0.15) is 0 Å². The summed E-state index contributed by atoms with van der Waals surface area (Å²) in [5, 5.41) is -0.115. The van der Waals surface area contributed by atoms with E-state index >= 15 is 0 Å². The Balaban J connectivity index is 3.50. The van der Waals surface area contributed by atoms with Crippen LogP contribution in [0.5, 0.6) is 0 Å². The Labute approximate surface area is 62.2 Å². The van der Waals surface area contributed by atoms with Crippen molar-refractivity contribution in [2.75, 3.05) is 0 Å². The molecule has 0 fully saturated rings. The minimum Gasteiger partial charge on any atom is -0.282 e. The van der Waals surface area contributed by atoms with Crippen molar-refractivity contribution >= 4 is 17.7 Å². The highest BCUT2D eigenvalue weighted by molar-refractivity contribution is 7.96. The minimum absolute atomic E-state index is 0.115. The summed E-state index contributed by atoms with van der Waals surface area (Å²) in [7, 11) is 0. The highest BCUT2D eigenvalue weighted by Gasteiger charge is 2.09. The van der Waals surface area contributed by atoms with Crippen LogP contribution >= 0.6 is 12.6 Å². The van der Waals surface area contributed by atoms with Gasteiger partial charge >= 0.3 is 0 Å². The molecule has 0 N–H and O–H groups in total. The minimum atomic E-state index is -0.115. The summed E-state index contributed by atoms with van der Waals surface area (Å²) in [5.74, 6) is 1.01. The standard InChI is InChI=1S/C7H13OS/c1-5(2)6(3)4-7(8)9/h5-6H,4H2,1-3H3. The predicted molar refractivity (Wildman–Crippen MR) is 41.2 cm³/mol. The molecule has 1 radical (unpaired) electrons. The first-order chi connectivity index (χ1) is 4.04. The lowest BCUT2D eigenvalue weighted by Crippen LogP contribution is -2.06. The van der Waals surface area contributed by atoms with E-state index in [0.717, 1.165) is 0 Å². The molecule has 0 saturated carbocycles. The van der Waals surface area contributed by atoms with Gasteiger partial charge in [0.25, 0.3) is 0 Å². The highest BCUT2D eigenvalue weighted by atomic mass is 32.1. The monoisotopic (exact) mass is 145 g/mol. The third-order valence-corrected chi connectivity index (χ3v) is 1.79. The van der Waals surface area contributed by atoms with Crippen LogP contribution in [-0.2, 0) is 4.79 Å². The molecule has 0 rings (SSSR count). The Bertz CT molecular complexity index is 99.1. The molecule has 1 atom stereocenters. The highest BCUT2D eigenvalue weighted by Crippen LogP contribution is 2.14. The molecular weight excluding hydrogens is 132 g/mol. The Kier molecular flexibility index (Phi) is 3.78. The van der Waals surface area contributed by atoms with E-state index in [2.05, 4.69) is 33.4 Å². The fourth-order valence-corrected chi connectivity index (χ4v) is 0.761. The van der Waals surface area contributed by atoms with Gasteiger partial charge < -0.3 is 0 Å². The Morgan fingerprint density at radius 1 is 1.44 bits per heavy atom. The van der Waals surface area contributed by atoms with E-state index < -0.39 is 0 Å². The molecule has 1 nitrogen and oxygen atoms in total. The van der Waals surface area contributed by atoms with Crippen molar-refractivity contribution in [2.45, 2.75) is 27.2 Å². The largest absolute Gasteiger partial charge is 0.282 e. The molecule has 0 heterocycles. The number of carbonyl (C=O) groups excluding carboxylic acids is 1. The molecule has 0 amide bonds. The van der Waals surface area contributed by atoms with E-state index in [1.54, 1.807) is 0 Å². The summed E-state index contributed by atoms with van der Waals surface area (Å²) in [6.45, 7) is 6.25. The van der Waals surface area contributed by atoms with Gasteiger partial charge in [-0.3, -0.25) is 4.79 Å². The molecule has 0 aliphatic rings. The fraction of sp³-hybridized carbons (Fsp3) is 0.857. The summed E-state index contributed by atoms with van der Waals surface area (Å²) < 4.78 is 0. The quantitative estimate of drug-likeness (QED) is 0.596. The van der Waals surface area contributed by atoms with Gasteiger partial charge in [-0.1, -0.05) is 20.8 Å². The Morgan fingerprint density at radius 3 is 2.00 bits per heavy atom. The van der Waals surface area contributed by atoms with Crippen LogP contribution in [0.4, 0.5) is 0 Å². The first kappa shape index (κ1) is 8.89. The second-order valence-electron chi connectivity index (χ2n) is 2.80. The van der Waals surface area contributed by atoms with E-state index in [9.17, 15) is 4.79 Å². The molecule has 0 aromatic carbocycles. The predicted octanol–water partition coefficient (Wildman–Crippen LogP) is 2.39. The molecular formula is C7H13OS. The molecule has 0 spiro atoms. The average molecular weight is 145 g/mol. The molecule has 9 heavy (non-hydrogen) atoms. The Hall–Kier alpha value is -0.110. The van der Waals surface area contributed by atoms with Crippen LogP contribution < -0.4 is 0 Å². The van der Waals surface area contributed by atoms with Crippen molar-refractivity contribution in [3.05, 3.63) is 0 Å². The molecule has 2 heteroatoms. The maximum absolute atomic E-state index is 10.4. The number of rotatable bonds is 3. The van der Waals surface area contributed by atoms with Gasteiger partial charge in [0.1, 0.15) is 0 Å². The Morgan fingerprint density at radius 2 is 1.89 bits per heavy atom. The molecule has 0 aromatic heterocycles. The molecule has 0 aliphatic heterocycles. The van der Waals surface area contributed by atoms with Crippen LogP contribution in [0.3, 0.4) is 0 Å². The zero-order valence-corrected chi connectivity index (χ0v) is 6.99. The molecule has 0 saturated heterocycles. The van der Waals surface area contributed by atoms with Gasteiger partial charge in [-0.15, -0.1) is 0 Å². The molecule has 1 unspecified atom stereocenters. The first-order valence-corrected chi connectivity index (χ1v) is 3.64. The second-order valence-corrected chi connectivity index (χ2v) is 3.25. The van der Waals surface area contributed by atoms with E-state index in [4.69, 9.17) is 0 Å². The summed E-state index contributed by atoms with van der Waals surface area (Å²) in [6.07, 6.45) is 0.549. The molecule has 0 aromatic rings. The van der Waals surface area contributed by atoms with E-state index in [0.29, 0.717) is 18.3 Å². The smallest absolute Gasteiger partial charge is 0.218 e. The summed E-state index contributed by atoms with van der Waals surface area (Å²) in [6, 6.07) is 0. The van der Waals surface area contributed by atoms with Crippen molar-refractivity contribution in [3.63, 3.8) is 0 Å². The lowest BCUT2D eigenvalue weighted by atomic mass is 9.95. The normalized spacial score (nSPS) is 13.8. The lowest BCUT2D eigenvalue weighted by Gasteiger charge is -2.11. The number of hydrogen-bond acceptors (Lipinski definition) is 1. The first-order valence-electron chi connectivity index (χ1n) is 3.24. The van der Waals surface area contributed by atoms with Crippen LogP contribution in [0, 0.1) is 11.8 Å². The topological polar surface area (TPSA) is 17.1 Å². The SMILES string of the molecule is CC(C)C(C)CC(=O)[S]. The molecule has 53 valence electrons. The van der Waals surface area contributed by atoms with Gasteiger partial charge in [-0.25, -0.2) is 0 Å². The maximum Gasteiger partial charge on any atom is 0.218 e. The van der Waals surface area contributed by atoms with Crippen molar-refractivity contribution < 1.29 is 4.79 Å². The van der Waals surface area contributed by atoms with E-state index in [1.165, 1.54) is 0 Å². The summed E-state index contributed by atoms with van der Waals surface area (Å²) in [5.41, 5.74) is 0. The lowest BCUT2D eigenvalue weighted by molar-refractivity contribution is -0.111. The average Bonchev–Trinajstić information content (AvgIpc) is 1.63. The van der Waals surface area contributed by atoms with Crippen LogP contribution in [0.1, 0.15) is 27.2 Å². The van der Waals surface area contributed by atoms with Crippen molar-refractivity contribution in [1.82, 2.24) is 0 Å². The fourth-order valence-electron chi connectivity index (χ4n) is 0.499. The summed E-state index contributed by atoms with van der Waals surface area (Å²) >= 11 is 4.44. The second kappa shape index (κ2) is 3.83. The van der Waals surface area contributed by atoms with Gasteiger partial charge in [0, 0.05) is 6.42 Å². The van der Waals surface area contributed by atoms with Crippen LogP contribution in [-0.4, -0.2) is 5.12 Å². The van der Waals surface area contributed by atoms with Gasteiger partial charge in [0.05, 0.1) is 0 Å². The van der Waals surface area contributed by atoms with Crippen molar-refractivity contribution in [2.24, 2.45) is 11.8 Å². The summed E-state index contributed by atoms with van der Waals surface area (Å²) in [4.78, 5) is 10.4. The number of hydrogen-bond donors (Lipinski definition) is 0. The van der Waals surface area contributed by atoms with E-state index in [-0.39, 0.29) is 5.12 Å². The van der Waals surface area contributed by atoms with Crippen molar-refractivity contribution in [3.8, 4) is 0 Å². The van der Waals surface area contributed by atoms with Gasteiger partial charge in [0.2, 0.25) is 5.12 Å². The third-order valence-electron chi connectivity index (χ3n) is 1.63. The van der Waals surface area contributed by atoms with Gasteiger partial charge in [-0.05, 0) is 24.5 Å².